The molecule has 0 bridgehead atoms. The van der Waals surface area contributed by atoms with Gasteiger partial charge in [0.1, 0.15) is 10.8 Å². The molecule has 3 rings (SSSR count). The maximum absolute atomic E-state index is 12.8. The number of halogens is 4. The predicted molar refractivity (Wildman–Crippen MR) is 75.3 cm³/mol. The van der Waals surface area contributed by atoms with E-state index in [1.165, 1.54) is 0 Å². The van der Waals surface area contributed by atoms with Gasteiger partial charge in [0.15, 0.2) is 0 Å². The molecule has 0 N–H and O–H groups in total. The van der Waals surface area contributed by atoms with E-state index in [9.17, 15) is 13.2 Å². The zero-order valence-corrected chi connectivity index (χ0v) is 12.6. The molecule has 0 aliphatic rings. The number of hydrogen-bond donors (Lipinski definition) is 0. The summed E-state index contributed by atoms with van der Waals surface area (Å²) in [4.78, 5) is 0.0623. The van der Waals surface area contributed by atoms with E-state index in [1.54, 1.807) is 18.2 Å². The molecule has 0 aliphatic carbocycles. The average molecular weight is 349 g/mol. The van der Waals surface area contributed by atoms with Gasteiger partial charge >= 0.3 is 6.18 Å². The second-order valence-electron chi connectivity index (χ2n) is 4.20. The van der Waals surface area contributed by atoms with Crippen molar-refractivity contribution in [2.45, 2.75) is 13.1 Å². The Morgan fingerprint density at radius 3 is 2.73 bits per heavy atom. The van der Waals surface area contributed by atoms with E-state index in [0.29, 0.717) is 32.5 Å². The number of nitrogens with zero attached hydrogens (tertiary/aromatic N) is 4. The molecule has 0 radical (unpaired) electrons. The van der Waals surface area contributed by atoms with Crippen LogP contribution in [0.4, 0.5) is 13.2 Å². The molecular weight excluding hydrogens is 341 g/mol. The first kappa shape index (κ1) is 15.0. The first-order chi connectivity index (χ1) is 10.4. The van der Waals surface area contributed by atoms with E-state index in [-0.39, 0.29) is 4.96 Å². The molecule has 0 spiro atoms. The molecule has 2 aromatic heterocycles. The lowest BCUT2D eigenvalue weighted by Crippen LogP contribution is -2.11. The third-order valence-electron chi connectivity index (χ3n) is 2.72. The highest BCUT2D eigenvalue weighted by molar-refractivity contribution is 7.19. The fraction of sp³-hybridized carbons (Fsp3) is 0.250. The van der Waals surface area contributed by atoms with Crippen molar-refractivity contribution in [1.29, 1.82) is 0 Å². The number of aromatic nitrogens is 4. The lowest BCUT2D eigenvalue weighted by Gasteiger charge is -2.06. The van der Waals surface area contributed by atoms with Crippen LogP contribution in [0.15, 0.2) is 18.2 Å². The number of hydrogen-bond acceptors (Lipinski definition) is 5. The zero-order chi connectivity index (χ0) is 15.9. The van der Waals surface area contributed by atoms with Crippen LogP contribution < -0.4 is 4.74 Å². The van der Waals surface area contributed by atoms with Crippen LogP contribution in [0.3, 0.4) is 0 Å². The van der Waals surface area contributed by atoms with Crippen LogP contribution in [0, 0.1) is 0 Å². The predicted octanol–water partition coefficient (Wildman–Crippen LogP) is 3.92. The van der Waals surface area contributed by atoms with Gasteiger partial charge in [-0.05, 0) is 25.1 Å². The highest BCUT2D eigenvalue weighted by Crippen LogP contribution is 2.34. The molecule has 0 unspecified atom stereocenters. The lowest BCUT2D eigenvalue weighted by atomic mass is 10.2. The van der Waals surface area contributed by atoms with Crippen molar-refractivity contribution in [2.75, 3.05) is 6.61 Å². The summed E-state index contributed by atoms with van der Waals surface area (Å²) in [5.74, 6) is -0.645. The van der Waals surface area contributed by atoms with Gasteiger partial charge in [0.25, 0.3) is 5.82 Å². The van der Waals surface area contributed by atoms with E-state index in [2.05, 4.69) is 15.3 Å². The Balaban J connectivity index is 2.04. The summed E-state index contributed by atoms with van der Waals surface area (Å²) >= 11 is 7.07. The van der Waals surface area contributed by atoms with Crippen molar-refractivity contribution >= 4 is 27.9 Å². The second-order valence-corrected chi connectivity index (χ2v) is 5.56. The van der Waals surface area contributed by atoms with Crippen LogP contribution in [-0.4, -0.2) is 26.4 Å². The lowest BCUT2D eigenvalue weighted by molar-refractivity contribution is -0.146. The minimum Gasteiger partial charge on any atom is -0.492 e. The molecular formula is C12H8ClF3N4OS. The van der Waals surface area contributed by atoms with Crippen molar-refractivity contribution in [3.8, 4) is 16.3 Å². The van der Waals surface area contributed by atoms with Crippen molar-refractivity contribution in [3.63, 3.8) is 0 Å². The Morgan fingerprint density at radius 2 is 2.09 bits per heavy atom. The Kier molecular flexibility index (Phi) is 3.69. The van der Waals surface area contributed by atoms with Crippen LogP contribution >= 0.6 is 22.9 Å². The third-order valence-corrected chi connectivity index (χ3v) is 3.97. The van der Waals surface area contributed by atoms with Gasteiger partial charge in [0, 0.05) is 5.56 Å². The molecule has 3 aromatic rings. The van der Waals surface area contributed by atoms with Gasteiger partial charge in [0.05, 0.1) is 11.6 Å². The van der Waals surface area contributed by atoms with Crippen molar-refractivity contribution in [1.82, 2.24) is 19.8 Å². The maximum Gasteiger partial charge on any atom is 0.453 e. The smallest absolute Gasteiger partial charge is 0.453 e. The van der Waals surface area contributed by atoms with Gasteiger partial charge in [-0.15, -0.1) is 10.2 Å². The fourth-order valence-corrected chi connectivity index (χ4v) is 2.89. The Hall–Kier alpha value is -1.87. The normalized spacial score (nSPS) is 12.0. The topological polar surface area (TPSA) is 52.3 Å². The number of benzene rings is 1. The largest absolute Gasteiger partial charge is 0.492 e. The Bertz CT molecular complexity index is 829. The first-order valence-electron chi connectivity index (χ1n) is 6.12. The monoisotopic (exact) mass is 348 g/mol. The third kappa shape index (κ3) is 2.61. The van der Waals surface area contributed by atoms with Gasteiger partial charge in [-0.3, -0.25) is 0 Å². The van der Waals surface area contributed by atoms with E-state index >= 15 is 0 Å². The number of alkyl halides is 3. The summed E-state index contributed by atoms with van der Waals surface area (Å²) in [5, 5.41) is 11.2. The quantitative estimate of drug-likeness (QED) is 0.719. The molecule has 0 fully saturated rings. The molecule has 5 nitrogen and oxygen atoms in total. The van der Waals surface area contributed by atoms with E-state index in [0.717, 1.165) is 11.3 Å². The maximum atomic E-state index is 12.8. The molecule has 0 amide bonds. The highest BCUT2D eigenvalue weighted by atomic mass is 35.5. The minimum atomic E-state index is -4.61. The van der Waals surface area contributed by atoms with E-state index in [1.807, 2.05) is 6.92 Å². The molecule has 1 aromatic carbocycles. The van der Waals surface area contributed by atoms with Crippen molar-refractivity contribution in [2.24, 2.45) is 0 Å². The van der Waals surface area contributed by atoms with Crippen LogP contribution in [0.1, 0.15) is 12.7 Å². The number of ether oxygens (including phenoxy) is 1. The summed E-state index contributed by atoms with van der Waals surface area (Å²) in [5.41, 5.74) is 0.581. The summed E-state index contributed by atoms with van der Waals surface area (Å²) < 4.78 is 44.3. The first-order valence-corrected chi connectivity index (χ1v) is 7.31. The van der Waals surface area contributed by atoms with E-state index < -0.39 is 12.0 Å². The van der Waals surface area contributed by atoms with Gasteiger partial charge in [-0.1, -0.05) is 22.9 Å². The molecule has 2 heterocycles. The molecule has 10 heteroatoms. The van der Waals surface area contributed by atoms with Crippen LogP contribution in [0.2, 0.25) is 5.02 Å². The molecule has 0 aliphatic heterocycles. The van der Waals surface area contributed by atoms with Gasteiger partial charge in [-0.2, -0.15) is 22.8 Å². The highest BCUT2D eigenvalue weighted by Gasteiger charge is 2.38. The van der Waals surface area contributed by atoms with Crippen LogP contribution in [0.5, 0.6) is 5.75 Å². The fourth-order valence-electron chi connectivity index (χ4n) is 1.82. The average Bonchev–Trinajstić information content (AvgIpc) is 2.99. The summed E-state index contributed by atoms with van der Waals surface area (Å²) in [6.45, 7) is 2.29. The van der Waals surface area contributed by atoms with Crippen LogP contribution in [-0.2, 0) is 6.18 Å². The standard InChI is InChI=1S/C12H8ClF3N4OS/c1-2-21-8-4-3-6(5-7(8)13)9-19-20-10(12(14,15)16)17-18-11(20)22-9/h3-5H,2H2,1H3. The minimum absolute atomic E-state index is 0.0623. The molecule has 0 saturated heterocycles. The van der Waals surface area contributed by atoms with Crippen LogP contribution in [0.25, 0.3) is 15.5 Å². The molecule has 116 valence electrons. The van der Waals surface area contributed by atoms with Gasteiger partial charge in [-0.25, -0.2) is 0 Å². The van der Waals surface area contributed by atoms with Crippen molar-refractivity contribution < 1.29 is 17.9 Å². The summed E-state index contributed by atoms with van der Waals surface area (Å²) in [7, 11) is 0. The summed E-state index contributed by atoms with van der Waals surface area (Å²) in [6, 6.07) is 4.91. The molecule has 22 heavy (non-hydrogen) atoms. The second kappa shape index (κ2) is 5.40. The molecule has 0 saturated carbocycles. The Labute approximate surface area is 131 Å². The Morgan fingerprint density at radius 1 is 1.32 bits per heavy atom. The zero-order valence-electron chi connectivity index (χ0n) is 11.1. The number of fused-ring (bicyclic) bond motifs is 1. The van der Waals surface area contributed by atoms with E-state index in [4.69, 9.17) is 16.3 Å². The van der Waals surface area contributed by atoms with Gasteiger partial charge < -0.3 is 4.74 Å². The van der Waals surface area contributed by atoms with Gasteiger partial charge in [0.2, 0.25) is 4.96 Å². The van der Waals surface area contributed by atoms with Crippen molar-refractivity contribution in [3.05, 3.63) is 29.0 Å². The number of rotatable bonds is 3. The summed E-state index contributed by atoms with van der Waals surface area (Å²) in [6.07, 6.45) is -4.61. The SMILES string of the molecule is CCOc1ccc(-c2nn3c(C(F)(F)F)nnc3s2)cc1Cl. The molecule has 0 atom stereocenters.